The third-order valence-corrected chi connectivity index (χ3v) is 12.7. The largest absolute Gasteiger partial charge is 0.484 e. The third-order valence-electron chi connectivity index (χ3n) is 9.85. The number of hydrogen-bond donors (Lipinski definition) is 2. The maximum atomic E-state index is 13.5. The van der Waals surface area contributed by atoms with E-state index in [4.69, 9.17) is 28.5 Å². The number of rotatable bonds is 17. The van der Waals surface area contributed by atoms with E-state index in [1.165, 1.54) is 51.4 Å². The zero-order valence-electron chi connectivity index (χ0n) is 29.2. The molecule has 2 aliphatic carbocycles. The summed E-state index contributed by atoms with van der Waals surface area (Å²) in [7, 11) is -4.25. The number of likely N-dealkylation sites (tertiary alicyclic amines) is 1. The highest BCUT2D eigenvalue weighted by atomic mass is 35.5. The highest BCUT2D eigenvalue weighted by molar-refractivity contribution is 7.92. The number of halogens is 5. The highest BCUT2D eigenvalue weighted by Crippen LogP contribution is 2.51. The van der Waals surface area contributed by atoms with Gasteiger partial charge in [-0.25, -0.2) is 13.2 Å². The number of benzene rings is 2. The number of aliphatic carboxylic acids is 1. The molecule has 0 aromatic heterocycles. The van der Waals surface area contributed by atoms with E-state index in [-0.39, 0.29) is 34.2 Å². The fourth-order valence-electron chi connectivity index (χ4n) is 6.48. The van der Waals surface area contributed by atoms with Crippen molar-refractivity contribution in [2.24, 2.45) is 0 Å². The Balaban J connectivity index is 0.000000317. The molecule has 0 bridgehead atoms. The minimum Gasteiger partial charge on any atom is -0.484 e. The van der Waals surface area contributed by atoms with Gasteiger partial charge in [0.25, 0.3) is 0 Å². The number of carbonyl (C=O) groups is 2. The standard InChI is InChI=1S/C23H20Cl2F3NO6S.C14H26N2/c24-14-3-1-2-13(8-14)22(6-7-22)21(32)29-11-16(10-18(29)20(30)31)36(33,34)19-5-4-15(9-17(19)25)35-12-23(26,27)28;1-2-3-4-5-6-7-8-9-12-16-14(13-15)10-11-14/h1-5,8-9,16,18H,6-7,10-12H2,(H,30,31);16H,2-12H2,1H3/t16-,18+;/m1./s1. The third kappa shape index (κ3) is 11.0. The second-order valence-corrected chi connectivity index (χ2v) is 16.9. The van der Waals surface area contributed by atoms with E-state index >= 15 is 0 Å². The van der Waals surface area contributed by atoms with Gasteiger partial charge in [-0.15, -0.1) is 0 Å². The summed E-state index contributed by atoms with van der Waals surface area (Å²) in [5.41, 5.74) is -0.444. The van der Waals surface area contributed by atoms with Crippen LogP contribution < -0.4 is 10.1 Å². The number of sulfone groups is 1. The fourth-order valence-corrected chi connectivity index (χ4v) is 8.90. The van der Waals surface area contributed by atoms with Crippen LogP contribution in [0.15, 0.2) is 47.4 Å². The van der Waals surface area contributed by atoms with Crippen LogP contribution in [0.2, 0.25) is 10.0 Å². The van der Waals surface area contributed by atoms with E-state index < -0.39 is 51.2 Å². The molecule has 9 nitrogen and oxygen atoms in total. The molecule has 5 rings (SSSR count). The summed E-state index contributed by atoms with van der Waals surface area (Å²) >= 11 is 12.1. The molecule has 0 radical (unpaired) electrons. The van der Waals surface area contributed by atoms with Crippen molar-refractivity contribution in [3.8, 4) is 11.8 Å². The van der Waals surface area contributed by atoms with Crippen LogP contribution in [-0.4, -0.2) is 73.0 Å². The lowest BCUT2D eigenvalue weighted by Gasteiger charge is -2.27. The SMILES string of the molecule is CCCCCCCCCCNC1(C#N)CC1.O=C(O)[C@@H]1C[C@@H](S(=O)(=O)c2ccc(OCC(F)(F)F)cc2Cl)CN1C(=O)C1(c2cccc(Cl)c2)CC1. The average Bonchev–Trinajstić information content (AvgIpc) is 4.02. The lowest BCUT2D eigenvalue weighted by atomic mass is 9.94. The zero-order chi connectivity index (χ0) is 38.2. The predicted octanol–water partition coefficient (Wildman–Crippen LogP) is 8.27. The van der Waals surface area contributed by atoms with Crippen molar-refractivity contribution in [2.75, 3.05) is 19.7 Å². The van der Waals surface area contributed by atoms with E-state index in [9.17, 15) is 36.3 Å². The summed E-state index contributed by atoms with van der Waals surface area (Å²) in [6.45, 7) is 1.34. The van der Waals surface area contributed by atoms with Gasteiger partial charge in [0.2, 0.25) is 5.91 Å². The molecule has 0 spiro atoms. The Morgan fingerprint density at radius 1 is 1.02 bits per heavy atom. The normalized spacial score (nSPS) is 20.0. The molecule has 2 N–H and O–H groups in total. The molecule has 15 heteroatoms. The second kappa shape index (κ2) is 17.9. The molecule has 52 heavy (non-hydrogen) atoms. The number of hydrogen-bond acceptors (Lipinski definition) is 7. The lowest BCUT2D eigenvalue weighted by molar-refractivity contribution is -0.153. The second-order valence-electron chi connectivity index (χ2n) is 13.9. The Hall–Kier alpha value is -3.05. The summed E-state index contributed by atoms with van der Waals surface area (Å²) in [6, 6.07) is 10.7. The van der Waals surface area contributed by atoms with Crippen molar-refractivity contribution in [3.63, 3.8) is 0 Å². The number of carboxylic acids is 1. The van der Waals surface area contributed by atoms with Gasteiger partial charge in [0.1, 0.15) is 17.3 Å². The minimum atomic E-state index is -4.59. The molecule has 1 heterocycles. The number of nitriles is 1. The monoisotopic (exact) mass is 787 g/mol. The van der Waals surface area contributed by atoms with Crippen LogP contribution in [0, 0.1) is 11.3 Å². The molecule has 2 aromatic rings. The Labute approximate surface area is 313 Å². The first kappa shape index (κ1) is 41.7. The summed E-state index contributed by atoms with van der Waals surface area (Å²) < 4.78 is 68.5. The number of carbonyl (C=O) groups excluding carboxylic acids is 1. The molecule has 286 valence electrons. The first-order valence-corrected chi connectivity index (χ1v) is 20.1. The molecule has 3 aliphatic rings. The Morgan fingerprint density at radius 2 is 1.67 bits per heavy atom. The van der Waals surface area contributed by atoms with Crippen molar-refractivity contribution >= 4 is 44.9 Å². The molecule has 1 saturated heterocycles. The van der Waals surface area contributed by atoms with Crippen LogP contribution in [0.3, 0.4) is 0 Å². The van der Waals surface area contributed by atoms with E-state index in [2.05, 4.69) is 23.0 Å². The number of unbranched alkanes of at least 4 members (excludes halogenated alkanes) is 7. The predicted molar refractivity (Wildman–Crippen MR) is 192 cm³/mol. The summed E-state index contributed by atoms with van der Waals surface area (Å²) in [4.78, 5) is 26.2. The zero-order valence-corrected chi connectivity index (χ0v) is 31.5. The molecule has 0 unspecified atom stereocenters. The summed E-state index contributed by atoms with van der Waals surface area (Å²) in [5.74, 6) is -2.11. The van der Waals surface area contributed by atoms with Gasteiger partial charge < -0.3 is 14.7 Å². The number of ether oxygens (including phenoxy) is 1. The first-order valence-electron chi connectivity index (χ1n) is 17.8. The van der Waals surface area contributed by atoms with E-state index in [1.54, 1.807) is 24.3 Å². The highest BCUT2D eigenvalue weighted by Gasteiger charge is 2.57. The van der Waals surface area contributed by atoms with Gasteiger partial charge in [0.05, 0.1) is 26.7 Å². The van der Waals surface area contributed by atoms with Crippen LogP contribution in [0.25, 0.3) is 0 Å². The van der Waals surface area contributed by atoms with Crippen molar-refractivity contribution < 1.29 is 41.0 Å². The fraction of sp³-hybridized carbons (Fsp3) is 0.595. The molecule has 3 fully saturated rings. The van der Waals surface area contributed by atoms with Gasteiger partial charge in [0.15, 0.2) is 16.4 Å². The smallest absolute Gasteiger partial charge is 0.422 e. The van der Waals surface area contributed by atoms with E-state index in [0.717, 1.165) is 42.5 Å². The number of alkyl halides is 3. The van der Waals surface area contributed by atoms with Crippen LogP contribution in [0.5, 0.6) is 5.75 Å². The molecule has 2 saturated carbocycles. The Bertz CT molecular complexity index is 1710. The van der Waals surface area contributed by atoms with Gasteiger partial charge in [-0.05, 0) is 74.9 Å². The van der Waals surface area contributed by atoms with Crippen molar-refractivity contribution in [1.82, 2.24) is 10.2 Å². The summed E-state index contributed by atoms with van der Waals surface area (Å²) in [6.07, 6.45) is 8.95. The van der Waals surface area contributed by atoms with Crippen LogP contribution in [0.4, 0.5) is 13.2 Å². The van der Waals surface area contributed by atoms with Gasteiger partial charge >= 0.3 is 12.1 Å². The molecule has 1 amide bonds. The quantitative estimate of drug-likeness (QED) is 0.153. The first-order chi connectivity index (χ1) is 24.6. The number of amides is 1. The molecule has 1 aliphatic heterocycles. The topological polar surface area (TPSA) is 137 Å². The average molecular weight is 789 g/mol. The van der Waals surface area contributed by atoms with E-state index in [1.807, 2.05) is 0 Å². The van der Waals surface area contributed by atoms with Crippen LogP contribution >= 0.6 is 23.2 Å². The molecular weight excluding hydrogens is 742 g/mol. The van der Waals surface area contributed by atoms with Gasteiger partial charge in [-0.3, -0.25) is 10.1 Å². The van der Waals surface area contributed by atoms with E-state index in [0.29, 0.717) is 23.4 Å². The summed E-state index contributed by atoms with van der Waals surface area (Å²) in [5, 5.41) is 20.8. The molecule has 2 aromatic carbocycles. The van der Waals surface area contributed by atoms with Crippen molar-refractivity contribution in [2.45, 2.75) is 124 Å². The maximum absolute atomic E-state index is 13.5. The maximum Gasteiger partial charge on any atom is 0.422 e. The number of carboxylic acid groups (broad SMARTS) is 1. The number of nitrogens with zero attached hydrogens (tertiary/aromatic N) is 2. The molecule has 2 atom stereocenters. The van der Waals surface area contributed by atoms with Gasteiger partial charge in [0, 0.05) is 17.6 Å². The lowest BCUT2D eigenvalue weighted by Crippen LogP contribution is -2.46. The van der Waals surface area contributed by atoms with Crippen molar-refractivity contribution in [3.05, 3.63) is 58.1 Å². The minimum absolute atomic E-state index is 0.110. The van der Waals surface area contributed by atoms with Gasteiger partial charge in [-0.1, -0.05) is 87.2 Å². The van der Waals surface area contributed by atoms with Crippen LogP contribution in [0.1, 0.15) is 96.0 Å². The van der Waals surface area contributed by atoms with Crippen molar-refractivity contribution in [1.29, 1.82) is 5.26 Å². The van der Waals surface area contributed by atoms with Crippen LogP contribution in [-0.2, 0) is 24.8 Å². The molecular formula is C37H46Cl2F3N3O6S. The Kier molecular flexibility index (Phi) is 14.3. The Morgan fingerprint density at radius 3 is 2.21 bits per heavy atom. The van der Waals surface area contributed by atoms with Gasteiger partial charge in [-0.2, -0.15) is 18.4 Å². The number of nitrogens with one attached hydrogen (secondary N) is 1.